The molecule has 0 aliphatic rings. The van der Waals surface area contributed by atoms with Gasteiger partial charge in [0.1, 0.15) is 12.0 Å². The van der Waals surface area contributed by atoms with Crippen LogP contribution in [0.1, 0.15) is 23.0 Å². The Morgan fingerprint density at radius 3 is 2.80 bits per heavy atom. The van der Waals surface area contributed by atoms with Crippen molar-refractivity contribution < 1.29 is 9.21 Å². The molecule has 4 nitrogen and oxygen atoms in total. The van der Waals surface area contributed by atoms with Crippen LogP contribution in [0.2, 0.25) is 0 Å². The van der Waals surface area contributed by atoms with Crippen LogP contribution in [0.4, 0.5) is 0 Å². The maximum absolute atomic E-state index is 11.6. The Morgan fingerprint density at radius 2 is 2.27 bits per heavy atom. The van der Waals surface area contributed by atoms with Crippen molar-refractivity contribution in [1.82, 2.24) is 10.6 Å². The second-order valence-electron chi connectivity index (χ2n) is 3.82. The number of carbonyl (C=O) groups excluding carboxylic acids is 1. The molecule has 4 heteroatoms. The largest absolute Gasteiger partial charge is 0.469 e. The van der Waals surface area contributed by atoms with E-state index in [2.05, 4.69) is 17.6 Å². The lowest BCUT2D eigenvalue weighted by molar-refractivity contribution is 0.0947. The van der Waals surface area contributed by atoms with Crippen molar-refractivity contribution >= 4 is 5.91 Å². The van der Waals surface area contributed by atoms with Gasteiger partial charge in [0.15, 0.2) is 0 Å². The fraction of sp³-hybridized carbons (Fsp3) is 0.545. The van der Waals surface area contributed by atoms with Gasteiger partial charge in [0, 0.05) is 6.54 Å². The molecule has 2 N–H and O–H groups in total. The molecule has 0 aromatic carbocycles. The number of furan rings is 1. The molecule has 0 bridgehead atoms. The van der Waals surface area contributed by atoms with E-state index in [1.165, 1.54) is 6.26 Å². The van der Waals surface area contributed by atoms with Gasteiger partial charge in [-0.2, -0.15) is 0 Å². The topological polar surface area (TPSA) is 54.3 Å². The SMILES string of the molecule is CNCC(C)CNC(=O)c1coc(C)c1. The molecule has 1 rings (SSSR count). The monoisotopic (exact) mass is 210 g/mol. The predicted molar refractivity (Wildman–Crippen MR) is 58.9 cm³/mol. The number of nitrogens with one attached hydrogen (secondary N) is 2. The number of rotatable bonds is 5. The number of amides is 1. The quantitative estimate of drug-likeness (QED) is 0.767. The van der Waals surface area contributed by atoms with Crippen LogP contribution < -0.4 is 10.6 Å². The third-order valence-corrected chi connectivity index (χ3v) is 2.16. The molecule has 1 heterocycles. The van der Waals surface area contributed by atoms with Crippen LogP contribution in [0.25, 0.3) is 0 Å². The van der Waals surface area contributed by atoms with E-state index in [0.29, 0.717) is 18.0 Å². The molecule has 0 spiro atoms. The molecule has 0 fully saturated rings. The van der Waals surface area contributed by atoms with Gasteiger partial charge in [-0.05, 0) is 32.5 Å². The first-order valence-electron chi connectivity index (χ1n) is 5.11. The van der Waals surface area contributed by atoms with Gasteiger partial charge in [-0.3, -0.25) is 4.79 Å². The van der Waals surface area contributed by atoms with E-state index in [1.54, 1.807) is 6.07 Å². The van der Waals surface area contributed by atoms with E-state index < -0.39 is 0 Å². The van der Waals surface area contributed by atoms with Gasteiger partial charge in [0.2, 0.25) is 0 Å². The van der Waals surface area contributed by atoms with Crippen LogP contribution in [0.5, 0.6) is 0 Å². The molecule has 0 aliphatic carbocycles. The Kier molecular flexibility index (Phi) is 4.37. The Balaban J connectivity index is 2.36. The van der Waals surface area contributed by atoms with E-state index in [0.717, 1.165) is 12.3 Å². The van der Waals surface area contributed by atoms with Gasteiger partial charge in [-0.15, -0.1) is 0 Å². The fourth-order valence-electron chi connectivity index (χ4n) is 1.35. The summed E-state index contributed by atoms with van der Waals surface area (Å²) in [4.78, 5) is 11.6. The number of carbonyl (C=O) groups is 1. The molecule has 1 unspecified atom stereocenters. The van der Waals surface area contributed by atoms with E-state index >= 15 is 0 Å². The summed E-state index contributed by atoms with van der Waals surface area (Å²) in [6, 6.07) is 1.73. The average Bonchev–Trinajstić information content (AvgIpc) is 2.62. The molecule has 15 heavy (non-hydrogen) atoms. The normalized spacial score (nSPS) is 12.5. The Hall–Kier alpha value is -1.29. The van der Waals surface area contributed by atoms with E-state index in [-0.39, 0.29) is 5.91 Å². The molecule has 1 aromatic heterocycles. The Labute approximate surface area is 90.0 Å². The highest BCUT2D eigenvalue weighted by molar-refractivity contribution is 5.93. The second-order valence-corrected chi connectivity index (χ2v) is 3.82. The molecular formula is C11H18N2O2. The highest BCUT2D eigenvalue weighted by Crippen LogP contribution is 2.05. The summed E-state index contributed by atoms with van der Waals surface area (Å²) >= 11 is 0. The minimum absolute atomic E-state index is 0.0743. The number of aryl methyl sites for hydroxylation is 1. The van der Waals surface area contributed by atoms with Crippen molar-refractivity contribution in [3.05, 3.63) is 23.7 Å². The summed E-state index contributed by atoms with van der Waals surface area (Å²) in [7, 11) is 1.90. The van der Waals surface area contributed by atoms with Crippen LogP contribution in [-0.4, -0.2) is 26.0 Å². The van der Waals surface area contributed by atoms with Crippen molar-refractivity contribution in [2.24, 2.45) is 5.92 Å². The van der Waals surface area contributed by atoms with Gasteiger partial charge < -0.3 is 15.1 Å². The molecule has 84 valence electrons. The zero-order valence-corrected chi connectivity index (χ0v) is 9.46. The maximum Gasteiger partial charge on any atom is 0.254 e. The lowest BCUT2D eigenvalue weighted by Crippen LogP contribution is -2.31. The fourth-order valence-corrected chi connectivity index (χ4v) is 1.35. The molecule has 1 aromatic rings. The molecule has 0 saturated carbocycles. The van der Waals surface area contributed by atoms with Crippen LogP contribution >= 0.6 is 0 Å². The van der Waals surface area contributed by atoms with Gasteiger partial charge in [0.05, 0.1) is 5.56 Å². The van der Waals surface area contributed by atoms with E-state index in [4.69, 9.17) is 4.42 Å². The van der Waals surface area contributed by atoms with Crippen LogP contribution in [0.15, 0.2) is 16.7 Å². The van der Waals surface area contributed by atoms with Gasteiger partial charge in [-0.25, -0.2) is 0 Å². The second kappa shape index (κ2) is 5.56. The summed E-state index contributed by atoms with van der Waals surface area (Å²) in [6.45, 7) is 5.46. The molecule has 0 saturated heterocycles. The predicted octanol–water partition coefficient (Wildman–Crippen LogP) is 1.17. The van der Waals surface area contributed by atoms with E-state index in [9.17, 15) is 4.79 Å². The highest BCUT2D eigenvalue weighted by Gasteiger charge is 2.09. The summed E-state index contributed by atoms with van der Waals surface area (Å²) in [5, 5.41) is 5.92. The maximum atomic E-state index is 11.6. The lowest BCUT2D eigenvalue weighted by atomic mass is 10.2. The van der Waals surface area contributed by atoms with Crippen molar-refractivity contribution in [1.29, 1.82) is 0 Å². The first kappa shape index (κ1) is 11.8. The summed E-state index contributed by atoms with van der Waals surface area (Å²) in [5.74, 6) is 1.10. The van der Waals surface area contributed by atoms with Crippen molar-refractivity contribution in [2.75, 3.05) is 20.1 Å². The third-order valence-electron chi connectivity index (χ3n) is 2.16. The Morgan fingerprint density at radius 1 is 1.53 bits per heavy atom. The smallest absolute Gasteiger partial charge is 0.254 e. The summed E-state index contributed by atoms with van der Waals surface area (Å²) in [6.07, 6.45) is 1.48. The molecule has 0 aliphatic heterocycles. The van der Waals surface area contributed by atoms with Gasteiger partial charge in [-0.1, -0.05) is 6.92 Å². The zero-order chi connectivity index (χ0) is 11.3. The average molecular weight is 210 g/mol. The zero-order valence-electron chi connectivity index (χ0n) is 9.46. The molecular weight excluding hydrogens is 192 g/mol. The molecule has 0 radical (unpaired) electrons. The number of hydrogen-bond donors (Lipinski definition) is 2. The molecule has 1 atom stereocenters. The molecule has 1 amide bonds. The number of hydrogen-bond acceptors (Lipinski definition) is 3. The lowest BCUT2D eigenvalue weighted by Gasteiger charge is -2.10. The first-order chi connectivity index (χ1) is 7.13. The van der Waals surface area contributed by atoms with Crippen LogP contribution in [0.3, 0.4) is 0 Å². The van der Waals surface area contributed by atoms with Crippen molar-refractivity contribution in [3.63, 3.8) is 0 Å². The summed E-state index contributed by atoms with van der Waals surface area (Å²) in [5.41, 5.74) is 0.587. The van der Waals surface area contributed by atoms with Crippen molar-refractivity contribution in [3.8, 4) is 0 Å². The van der Waals surface area contributed by atoms with Crippen molar-refractivity contribution in [2.45, 2.75) is 13.8 Å². The minimum Gasteiger partial charge on any atom is -0.469 e. The van der Waals surface area contributed by atoms with Crippen LogP contribution in [0, 0.1) is 12.8 Å². The highest BCUT2D eigenvalue weighted by atomic mass is 16.3. The minimum atomic E-state index is -0.0743. The first-order valence-corrected chi connectivity index (χ1v) is 5.11. The van der Waals surface area contributed by atoms with Gasteiger partial charge >= 0.3 is 0 Å². The third kappa shape index (κ3) is 3.75. The standard InChI is InChI=1S/C11H18N2O2/c1-8(5-12-3)6-13-11(14)10-4-9(2)15-7-10/h4,7-8,12H,5-6H2,1-3H3,(H,13,14). The van der Waals surface area contributed by atoms with Crippen LogP contribution in [-0.2, 0) is 0 Å². The Bertz CT molecular complexity index is 320. The van der Waals surface area contributed by atoms with E-state index in [1.807, 2.05) is 14.0 Å². The summed E-state index contributed by atoms with van der Waals surface area (Å²) < 4.78 is 5.07. The van der Waals surface area contributed by atoms with Gasteiger partial charge in [0.25, 0.3) is 5.91 Å².